The number of amides is 1. The molecular formula is C12H18N2O. The van der Waals surface area contributed by atoms with E-state index in [4.69, 9.17) is 5.73 Å². The zero-order valence-corrected chi connectivity index (χ0v) is 9.74. The van der Waals surface area contributed by atoms with Gasteiger partial charge in [-0.1, -0.05) is 23.8 Å². The topological polar surface area (TPSA) is 46.3 Å². The predicted molar refractivity (Wildman–Crippen MR) is 61.5 cm³/mol. The van der Waals surface area contributed by atoms with Crippen LogP contribution in [-0.4, -0.2) is 24.9 Å². The molecule has 1 atom stereocenters. The molecule has 0 saturated heterocycles. The monoisotopic (exact) mass is 206 g/mol. The third-order valence-corrected chi connectivity index (χ3v) is 2.52. The summed E-state index contributed by atoms with van der Waals surface area (Å²) < 4.78 is 0. The fourth-order valence-electron chi connectivity index (χ4n) is 1.74. The average Bonchev–Trinajstić information content (AvgIpc) is 2.10. The maximum Gasteiger partial charge on any atom is 0.239 e. The highest BCUT2D eigenvalue weighted by Gasteiger charge is 2.21. The van der Waals surface area contributed by atoms with Crippen LogP contribution in [0.4, 0.5) is 0 Å². The Kier molecular flexibility index (Phi) is 3.48. The van der Waals surface area contributed by atoms with Crippen LogP contribution >= 0.6 is 0 Å². The molecule has 0 radical (unpaired) electrons. The zero-order valence-electron chi connectivity index (χ0n) is 9.74. The molecular weight excluding hydrogens is 188 g/mol. The first-order chi connectivity index (χ1) is 6.93. The quantitative estimate of drug-likeness (QED) is 0.812. The number of likely N-dealkylation sites (N-methyl/N-ethyl adjacent to an activating group) is 1. The van der Waals surface area contributed by atoms with Crippen molar-refractivity contribution in [1.29, 1.82) is 0 Å². The largest absolute Gasteiger partial charge is 0.368 e. The number of hydrogen-bond acceptors (Lipinski definition) is 2. The molecule has 3 nitrogen and oxygen atoms in total. The van der Waals surface area contributed by atoms with Crippen molar-refractivity contribution >= 4 is 5.91 Å². The molecule has 0 bridgehead atoms. The molecule has 3 heteroatoms. The first-order valence-electron chi connectivity index (χ1n) is 4.96. The van der Waals surface area contributed by atoms with Crippen molar-refractivity contribution in [2.75, 3.05) is 14.1 Å². The van der Waals surface area contributed by atoms with Gasteiger partial charge in [0.15, 0.2) is 0 Å². The number of aryl methyl sites for hydroxylation is 2. The van der Waals surface area contributed by atoms with Gasteiger partial charge in [0.2, 0.25) is 5.91 Å². The van der Waals surface area contributed by atoms with E-state index in [2.05, 4.69) is 0 Å². The van der Waals surface area contributed by atoms with Crippen LogP contribution in [0.15, 0.2) is 18.2 Å². The third-order valence-electron chi connectivity index (χ3n) is 2.52. The minimum Gasteiger partial charge on any atom is -0.368 e. The summed E-state index contributed by atoms with van der Waals surface area (Å²) in [7, 11) is 3.72. The second kappa shape index (κ2) is 4.45. The molecule has 0 aromatic heterocycles. The summed E-state index contributed by atoms with van der Waals surface area (Å²) in [5.41, 5.74) is 8.64. The van der Waals surface area contributed by atoms with E-state index in [1.54, 1.807) is 0 Å². The number of carbonyl (C=O) groups is 1. The van der Waals surface area contributed by atoms with E-state index in [-0.39, 0.29) is 11.9 Å². The van der Waals surface area contributed by atoms with E-state index in [0.717, 1.165) is 16.7 Å². The minimum absolute atomic E-state index is 0.311. The van der Waals surface area contributed by atoms with Crippen molar-refractivity contribution < 1.29 is 4.79 Å². The molecule has 0 saturated carbocycles. The number of hydrogen-bond donors (Lipinski definition) is 1. The Bertz CT molecular complexity index is 372. The van der Waals surface area contributed by atoms with E-state index >= 15 is 0 Å². The summed E-state index contributed by atoms with van der Waals surface area (Å²) in [6.45, 7) is 4.00. The maximum absolute atomic E-state index is 11.4. The molecule has 0 aliphatic carbocycles. The van der Waals surface area contributed by atoms with Crippen LogP contribution in [0.5, 0.6) is 0 Å². The SMILES string of the molecule is Cc1ccc(C)c(C(C(N)=O)N(C)C)c1. The van der Waals surface area contributed by atoms with Gasteiger partial charge in [0, 0.05) is 0 Å². The standard InChI is InChI=1S/C12H18N2O/c1-8-5-6-9(2)10(7-8)11(12(13)15)14(3)4/h5-7,11H,1-4H3,(H2,13,15). The molecule has 1 unspecified atom stereocenters. The molecule has 0 spiro atoms. The van der Waals surface area contributed by atoms with Gasteiger partial charge >= 0.3 is 0 Å². The Labute approximate surface area is 90.9 Å². The summed E-state index contributed by atoms with van der Waals surface area (Å²) >= 11 is 0. The van der Waals surface area contributed by atoms with Crippen LogP contribution in [0.1, 0.15) is 22.7 Å². The zero-order chi connectivity index (χ0) is 11.6. The summed E-state index contributed by atoms with van der Waals surface area (Å²) in [5, 5.41) is 0. The van der Waals surface area contributed by atoms with Gasteiger partial charge in [0.05, 0.1) is 0 Å². The normalized spacial score (nSPS) is 12.9. The number of carbonyl (C=O) groups excluding carboxylic acids is 1. The first-order valence-corrected chi connectivity index (χ1v) is 4.96. The smallest absolute Gasteiger partial charge is 0.239 e. The summed E-state index contributed by atoms with van der Waals surface area (Å²) in [6.07, 6.45) is 0. The van der Waals surface area contributed by atoms with E-state index in [1.165, 1.54) is 0 Å². The molecule has 82 valence electrons. The minimum atomic E-state index is -0.343. The Morgan fingerprint density at radius 3 is 2.40 bits per heavy atom. The molecule has 1 rings (SSSR count). The lowest BCUT2D eigenvalue weighted by atomic mass is 9.98. The van der Waals surface area contributed by atoms with E-state index in [9.17, 15) is 4.79 Å². The molecule has 1 aromatic rings. The lowest BCUT2D eigenvalue weighted by Gasteiger charge is -2.23. The van der Waals surface area contributed by atoms with Gasteiger partial charge in [-0.05, 0) is 39.1 Å². The fraction of sp³-hybridized carbons (Fsp3) is 0.417. The molecule has 0 aliphatic heterocycles. The van der Waals surface area contributed by atoms with Gasteiger partial charge in [0.25, 0.3) is 0 Å². The highest BCUT2D eigenvalue weighted by molar-refractivity contribution is 5.81. The van der Waals surface area contributed by atoms with Gasteiger partial charge in [-0.2, -0.15) is 0 Å². The molecule has 15 heavy (non-hydrogen) atoms. The van der Waals surface area contributed by atoms with Crippen molar-refractivity contribution in [1.82, 2.24) is 4.90 Å². The van der Waals surface area contributed by atoms with E-state index < -0.39 is 0 Å². The number of rotatable bonds is 3. The van der Waals surface area contributed by atoms with Crippen molar-refractivity contribution in [2.24, 2.45) is 5.73 Å². The fourth-order valence-corrected chi connectivity index (χ4v) is 1.74. The van der Waals surface area contributed by atoms with Crippen LogP contribution in [0, 0.1) is 13.8 Å². The van der Waals surface area contributed by atoms with E-state index in [1.807, 2.05) is 51.0 Å². The van der Waals surface area contributed by atoms with Gasteiger partial charge in [-0.3, -0.25) is 9.69 Å². The number of benzene rings is 1. The summed E-state index contributed by atoms with van der Waals surface area (Å²) in [6, 6.07) is 5.73. The first kappa shape index (κ1) is 11.7. The second-order valence-corrected chi connectivity index (χ2v) is 4.13. The lowest BCUT2D eigenvalue weighted by Crippen LogP contribution is -2.33. The van der Waals surface area contributed by atoms with Crippen LogP contribution in [0.2, 0.25) is 0 Å². The van der Waals surface area contributed by atoms with Gasteiger partial charge < -0.3 is 5.73 Å². The Morgan fingerprint density at radius 2 is 1.93 bits per heavy atom. The van der Waals surface area contributed by atoms with Crippen molar-refractivity contribution in [2.45, 2.75) is 19.9 Å². The Morgan fingerprint density at radius 1 is 1.33 bits per heavy atom. The molecule has 2 N–H and O–H groups in total. The molecule has 1 aromatic carbocycles. The molecule has 0 heterocycles. The number of primary amides is 1. The van der Waals surface area contributed by atoms with Crippen LogP contribution in [0.3, 0.4) is 0 Å². The average molecular weight is 206 g/mol. The van der Waals surface area contributed by atoms with Gasteiger partial charge in [0.1, 0.15) is 6.04 Å². The van der Waals surface area contributed by atoms with Crippen LogP contribution in [-0.2, 0) is 4.79 Å². The van der Waals surface area contributed by atoms with Crippen molar-refractivity contribution in [3.8, 4) is 0 Å². The number of nitrogens with zero attached hydrogens (tertiary/aromatic N) is 1. The van der Waals surface area contributed by atoms with E-state index in [0.29, 0.717) is 0 Å². The second-order valence-electron chi connectivity index (χ2n) is 4.13. The number of nitrogens with two attached hydrogens (primary N) is 1. The maximum atomic E-state index is 11.4. The Balaban J connectivity index is 3.22. The van der Waals surface area contributed by atoms with Crippen LogP contribution in [0.25, 0.3) is 0 Å². The van der Waals surface area contributed by atoms with Gasteiger partial charge in [-0.25, -0.2) is 0 Å². The van der Waals surface area contributed by atoms with Crippen molar-refractivity contribution in [3.63, 3.8) is 0 Å². The van der Waals surface area contributed by atoms with Crippen LogP contribution < -0.4 is 5.73 Å². The summed E-state index contributed by atoms with van der Waals surface area (Å²) in [4.78, 5) is 13.2. The predicted octanol–water partition coefficient (Wildman–Crippen LogP) is 1.39. The molecule has 0 fully saturated rings. The highest BCUT2D eigenvalue weighted by atomic mass is 16.1. The Hall–Kier alpha value is -1.35. The van der Waals surface area contributed by atoms with Crippen molar-refractivity contribution in [3.05, 3.63) is 34.9 Å². The molecule has 0 aliphatic rings. The molecule has 1 amide bonds. The highest BCUT2D eigenvalue weighted by Crippen LogP contribution is 2.22. The van der Waals surface area contributed by atoms with Gasteiger partial charge in [-0.15, -0.1) is 0 Å². The third kappa shape index (κ3) is 2.57. The summed E-state index contributed by atoms with van der Waals surface area (Å²) in [5.74, 6) is -0.311. The lowest BCUT2D eigenvalue weighted by molar-refractivity contribution is -0.122.